The van der Waals surface area contributed by atoms with Gasteiger partial charge in [0, 0.05) is 48.9 Å². The number of nitrogens with zero attached hydrogens (tertiary/aromatic N) is 3. The summed E-state index contributed by atoms with van der Waals surface area (Å²) in [5, 5.41) is 1.08. The van der Waals surface area contributed by atoms with Crippen LogP contribution in [0.1, 0.15) is 43.2 Å². The number of aryl methyl sites for hydroxylation is 2. The third kappa shape index (κ3) is 5.12. The molecule has 3 heterocycles. The zero-order valence-electron chi connectivity index (χ0n) is 22.1. The van der Waals surface area contributed by atoms with Crippen molar-refractivity contribution in [2.45, 2.75) is 52.9 Å². The Morgan fingerprint density at radius 1 is 1.03 bits per heavy atom. The maximum atomic E-state index is 13.0. The quantitative estimate of drug-likeness (QED) is 0.371. The predicted octanol–water partition coefficient (Wildman–Crippen LogP) is 5.51. The summed E-state index contributed by atoms with van der Waals surface area (Å²) in [5.41, 5.74) is 5.72. The van der Waals surface area contributed by atoms with Gasteiger partial charge in [-0.3, -0.25) is 9.36 Å². The molecule has 0 unspecified atom stereocenters. The van der Waals surface area contributed by atoms with E-state index in [4.69, 9.17) is 9.47 Å². The molecule has 4 aromatic rings. The van der Waals surface area contributed by atoms with Gasteiger partial charge in [0.1, 0.15) is 18.0 Å². The van der Waals surface area contributed by atoms with Crippen LogP contribution in [0, 0.1) is 6.92 Å². The average Bonchev–Trinajstić information content (AvgIpc) is 3.13. The number of aromatic nitrogens is 2. The summed E-state index contributed by atoms with van der Waals surface area (Å²) < 4.78 is 15.2. The van der Waals surface area contributed by atoms with Gasteiger partial charge in [-0.05, 0) is 51.5 Å². The molecule has 0 saturated heterocycles. The number of amides is 1. The lowest BCUT2D eigenvalue weighted by atomic mass is 10.0. The van der Waals surface area contributed by atoms with Crippen molar-refractivity contribution in [2.75, 3.05) is 6.54 Å². The van der Waals surface area contributed by atoms with Crippen LogP contribution in [0.5, 0.6) is 5.75 Å². The molecule has 0 bridgehead atoms. The number of hydrogen-bond acceptors (Lipinski definition) is 4. The van der Waals surface area contributed by atoms with E-state index in [2.05, 4.69) is 4.57 Å². The standard InChI is InChI=1S/C30H33N3O4/c1-20-6-8-21(9-7-20)19-36-23-12-15-33(28(34)17-23)22-10-11-24-25-18-32(29(35)37-30(2,3)4)14-13-26(25)31(5)27(24)16-22/h6-12,15-17H,13-14,18-19H2,1-5H3. The van der Waals surface area contributed by atoms with Crippen molar-refractivity contribution in [1.82, 2.24) is 14.0 Å². The second-order valence-corrected chi connectivity index (χ2v) is 10.7. The van der Waals surface area contributed by atoms with Gasteiger partial charge in [-0.25, -0.2) is 4.79 Å². The first-order valence-electron chi connectivity index (χ1n) is 12.6. The Bertz CT molecular complexity index is 1520. The Hall–Kier alpha value is -4.00. The molecule has 0 aliphatic carbocycles. The summed E-state index contributed by atoms with van der Waals surface area (Å²) in [6.45, 7) is 9.21. The second-order valence-electron chi connectivity index (χ2n) is 10.7. The molecule has 37 heavy (non-hydrogen) atoms. The summed E-state index contributed by atoms with van der Waals surface area (Å²) in [6, 6.07) is 17.5. The molecule has 0 fully saturated rings. The summed E-state index contributed by atoms with van der Waals surface area (Å²) >= 11 is 0. The van der Waals surface area contributed by atoms with Crippen LogP contribution in [0.3, 0.4) is 0 Å². The number of pyridine rings is 1. The van der Waals surface area contributed by atoms with E-state index in [0.717, 1.165) is 34.1 Å². The Morgan fingerprint density at radius 2 is 1.78 bits per heavy atom. The number of carbonyl (C=O) groups is 1. The Labute approximate surface area is 216 Å². The van der Waals surface area contributed by atoms with E-state index >= 15 is 0 Å². The molecule has 7 nitrogen and oxygen atoms in total. The van der Waals surface area contributed by atoms with E-state index in [1.54, 1.807) is 15.7 Å². The molecule has 1 aliphatic heterocycles. The van der Waals surface area contributed by atoms with Crippen LogP contribution < -0.4 is 10.3 Å². The van der Waals surface area contributed by atoms with Gasteiger partial charge in [-0.15, -0.1) is 0 Å². The molecule has 5 rings (SSSR count). The van der Waals surface area contributed by atoms with Crippen LogP contribution in [-0.2, 0) is 31.4 Å². The predicted molar refractivity (Wildman–Crippen MR) is 144 cm³/mol. The van der Waals surface area contributed by atoms with Crippen molar-refractivity contribution < 1.29 is 14.3 Å². The molecule has 0 atom stereocenters. The smallest absolute Gasteiger partial charge is 0.410 e. The van der Waals surface area contributed by atoms with Gasteiger partial charge >= 0.3 is 6.09 Å². The average molecular weight is 500 g/mol. The van der Waals surface area contributed by atoms with Gasteiger partial charge in [-0.2, -0.15) is 0 Å². The third-order valence-corrected chi connectivity index (χ3v) is 6.74. The maximum Gasteiger partial charge on any atom is 0.410 e. The number of ether oxygens (including phenoxy) is 2. The van der Waals surface area contributed by atoms with Gasteiger partial charge < -0.3 is 18.9 Å². The van der Waals surface area contributed by atoms with E-state index in [0.29, 0.717) is 25.4 Å². The van der Waals surface area contributed by atoms with Crippen molar-refractivity contribution >= 4 is 17.0 Å². The minimum Gasteiger partial charge on any atom is -0.489 e. The number of fused-ring (bicyclic) bond motifs is 3. The number of carbonyl (C=O) groups excluding carboxylic acids is 1. The maximum absolute atomic E-state index is 13.0. The monoisotopic (exact) mass is 499 g/mol. The SMILES string of the molecule is Cc1ccc(COc2ccn(-c3ccc4c5c(n(C)c4c3)CCN(C(=O)OC(C)(C)C)C5)c(=O)c2)cc1. The lowest BCUT2D eigenvalue weighted by molar-refractivity contribution is 0.0223. The molecule has 0 spiro atoms. The second kappa shape index (κ2) is 9.47. The van der Waals surface area contributed by atoms with Crippen LogP contribution in [0.2, 0.25) is 0 Å². The van der Waals surface area contributed by atoms with E-state index in [1.807, 2.05) is 83.3 Å². The molecule has 0 saturated carbocycles. The third-order valence-electron chi connectivity index (χ3n) is 6.74. The molecule has 7 heteroatoms. The number of rotatable bonds is 4. The topological polar surface area (TPSA) is 65.7 Å². The summed E-state index contributed by atoms with van der Waals surface area (Å²) in [7, 11) is 2.04. The zero-order valence-corrected chi connectivity index (χ0v) is 22.1. The lowest BCUT2D eigenvalue weighted by Gasteiger charge is -2.30. The Morgan fingerprint density at radius 3 is 2.49 bits per heavy atom. The normalized spacial score (nSPS) is 13.5. The summed E-state index contributed by atoms with van der Waals surface area (Å²) in [4.78, 5) is 27.4. The van der Waals surface area contributed by atoms with Crippen LogP contribution >= 0.6 is 0 Å². The molecular formula is C30H33N3O4. The Kier molecular flexibility index (Phi) is 6.31. The van der Waals surface area contributed by atoms with Gasteiger partial charge in [0.2, 0.25) is 0 Å². The lowest BCUT2D eigenvalue weighted by Crippen LogP contribution is -2.40. The first-order valence-corrected chi connectivity index (χ1v) is 12.6. The van der Waals surface area contributed by atoms with Gasteiger partial charge in [0.05, 0.1) is 17.7 Å². The summed E-state index contributed by atoms with van der Waals surface area (Å²) in [6.07, 6.45) is 2.21. The molecular weight excluding hydrogens is 466 g/mol. The highest BCUT2D eigenvalue weighted by Gasteiger charge is 2.29. The largest absolute Gasteiger partial charge is 0.489 e. The van der Waals surface area contributed by atoms with Crippen molar-refractivity contribution in [3.8, 4) is 11.4 Å². The molecule has 2 aromatic carbocycles. The van der Waals surface area contributed by atoms with Crippen LogP contribution in [0.4, 0.5) is 4.79 Å². The summed E-state index contributed by atoms with van der Waals surface area (Å²) in [5.74, 6) is 0.541. The first-order chi connectivity index (χ1) is 17.6. The minimum absolute atomic E-state index is 0.157. The number of hydrogen-bond donors (Lipinski definition) is 0. The highest BCUT2D eigenvalue weighted by molar-refractivity contribution is 5.88. The Balaban J connectivity index is 1.38. The molecule has 1 aliphatic rings. The van der Waals surface area contributed by atoms with Crippen molar-refractivity contribution in [3.05, 3.63) is 93.5 Å². The van der Waals surface area contributed by atoms with Gasteiger partial charge in [0.15, 0.2) is 0 Å². The number of benzene rings is 2. The van der Waals surface area contributed by atoms with Crippen molar-refractivity contribution in [2.24, 2.45) is 7.05 Å². The fourth-order valence-electron chi connectivity index (χ4n) is 4.81. The van der Waals surface area contributed by atoms with Crippen molar-refractivity contribution in [1.29, 1.82) is 0 Å². The van der Waals surface area contributed by atoms with Crippen LogP contribution in [-0.4, -0.2) is 32.3 Å². The van der Waals surface area contributed by atoms with E-state index in [-0.39, 0.29) is 11.7 Å². The van der Waals surface area contributed by atoms with E-state index in [1.165, 1.54) is 17.3 Å². The fraction of sp³-hybridized carbons (Fsp3) is 0.333. The molecule has 0 radical (unpaired) electrons. The molecule has 0 N–H and O–H groups in total. The van der Waals surface area contributed by atoms with Crippen LogP contribution in [0.25, 0.3) is 16.6 Å². The molecule has 1 amide bonds. The van der Waals surface area contributed by atoms with Gasteiger partial charge in [-0.1, -0.05) is 35.9 Å². The molecule has 192 valence electrons. The first kappa shape index (κ1) is 24.7. The fourth-order valence-corrected chi connectivity index (χ4v) is 4.81. The molecule has 2 aromatic heterocycles. The highest BCUT2D eigenvalue weighted by atomic mass is 16.6. The van der Waals surface area contributed by atoms with E-state index in [9.17, 15) is 9.59 Å². The minimum atomic E-state index is -0.528. The van der Waals surface area contributed by atoms with E-state index < -0.39 is 5.60 Å². The van der Waals surface area contributed by atoms with Crippen LogP contribution in [0.15, 0.2) is 65.6 Å². The van der Waals surface area contributed by atoms with Gasteiger partial charge in [0.25, 0.3) is 5.56 Å². The zero-order chi connectivity index (χ0) is 26.3. The van der Waals surface area contributed by atoms with Crippen molar-refractivity contribution in [3.63, 3.8) is 0 Å². The highest BCUT2D eigenvalue weighted by Crippen LogP contribution is 2.32.